The highest BCUT2D eigenvalue weighted by Gasteiger charge is 2.14. The van der Waals surface area contributed by atoms with Gasteiger partial charge in [0.05, 0.1) is 12.2 Å². The molecule has 0 aliphatic carbocycles. The number of halogens is 1. The Hall–Kier alpha value is -2.37. The van der Waals surface area contributed by atoms with E-state index in [1.165, 1.54) is 6.92 Å². The van der Waals surface area contributed by atoms with Gasteiger partial charge in [-0.15, -0.1) is 0 Å². The summed E-state index contributed by atoms with van der Waals surface area (Å²) >= 11 is 5.99. The molecule has 138 valence electrons. The van der Waals surface area contributed by atoms with Gasteiger partial charge in [-0.2, -0.15) is 0 Å². The second kappa shape index (κ2) is 9.36. The lowest BCUT2D eigenvalue weighted by Gasteiger charge is -2.14. The molecule has 0 saturated carbocycles. The lowest BCUT2D eigenvalue weighted by atomic mass is 10.1. The summed E-state index contributed by atoms with van der Waals surface area (Å²) in [4.78, 5) is 23.9. The van der Waals surface area contributed by atoms with Crippen LogP contribution in [0.3, 0.4) is 0 Å². The maximum Gasteiger partial charge on any atom is 0.258 e. The molecule has 0 aromatic heterocycles. The molecule has 0 aliphatic heterocycles. The van der Waals surface area contributed by atoms with Gasteiger partial charge < -0.3 is 14.8 Å². The Labute approximate surface area is 158 Å². The predicted octanol–water partition coefficient (Wildman–Crippen LogP) is 3.69. The van der Waals surface area contributed by atoms with Gasteiger partial charge in [-0.1, -0.05) is 35.9 Å². The van der Waals surface area contributed by atoms with Crippen molar-refractivity contribution in [3.63, 3.8) is 0 Å². The quantitative estimate of drug-likeness (QED) is 0.714. The topological polar surface area (TPSA) is 64.6 Å². The third-order valence-corrected chi connectivity index (χ3v) is 4.08. The summed E-state index contributed by atoms with van der Waals surface area (Å²) in [6.45, 7) is 3.89. The number of benzene rings is 2. The first kappa shape index (κ1) is 19.9. The molecule has 2 aromatic carbocycles. The third-order valence-electron chi connectivity index (χ3n) is 3.86. The minimum Gasteiger partial charge on any atom is -0.483 e. The molecule has 0 heterocycles. The van der Waals surface area contributed by atoms with E-state index in [0.29, 0.717) is 35.1 Å². The molecule has 0 unspecified atom stereocenters. The Balaban J connectivity index is 1.99. The minimum absolute atomic E-state index is 0.167. The molecule has 0 atom stereocenters. The van der Waals surface area contributed by atoms with Gasteiger partial charge in [-0.05, 0) is 42.7 Å². The van der Waals surface area contributed by atoms with E-state index in [1.807, 2.05) is 24.3 Å². The molecule has 5 nitrogen and oxygen atoms in total. The van der Waals surface area contributed by atoms with Gasteiger partial charge in [0, 0.05) is 18.7 Å². The van der Waals surface area contributed by atoms with Crippen molar-refractivity contribution in [1.82, 2.24) is 5.32 Å². The van der Waals surface area contributed by atoms with Crippen LogP contribution in [0.1, 0.15) is 34.0 Å². The number of aryl methyl sites for hydroxylation is 1. The zero-order chi connectivity index (χ0) is 19.1. The molecule has 0 spiro atoms. The molecule has 0 radical (unpaired) electrons. The average Bonchev–Trinajstić information content (AvgIpc) is 2.59. The summed E-state index contributed by atoms with van der Waals surface area (Å²) in [5.74, 6) is -0.0580. The number of rotatable bonds is 8. The van der Waals surface area contributed by atoms with Crippen molar-refractivity contribution in [2.24, 2.45) is 0 Å². The van der Waals surface area contributed by atoms with Gasteiger partial charge in [0.15, 0.2) is 12.4 Å². The van der Waals surface area contributed by atoms with Crippen molar-refractivity contribution in [3.05, 3.63) is 63.7 Å². The maximum atomic E-state index is 12.1. The molecular formula is C20H22ClNO4. The zero-order valence-corrected chi connectivity index (χ0v) is 15.9. The Morgan fingerprint density at radius 3 is 2.50 bits per heavy atom. The number of ether oxygens (including phenoxy) is 2. The summed E-state index contributed by atoms with van der Waals surface area (Å²) < 4.78 is 10.8. The summed E-state index contributed by atoms with van der Waals surface area (Å²) in [7, 11) is 1.63. The molecule has 2 rings (SSSR count). The number of methoxy groups -OCH3 is 1. The first-order valence-corrected chi connectivity index (χ1v) is 8.56. The van der Waals surface area contributed by atoms with Gasteiger partial charge in [-0.25, -0.2) is 0 Å². The standard InChI is InChI=1S/C20H22ClNO4/c1-13-8-17(21)9-18(14(2)23)20(13)26-12-19(24)22-10-15-6-4-5-7-16(15)11-25-3/h4-9H,10-12H2,1-3H3,(H,22,24). The van der Waals surface area contributed by atoms with Crippen LogP contribution in [0.2, 0.25) is 5.02 Å². The number of nitrogens with one attached hydrogen (secondary N) is 1. The minimum atomic E-state index is -0.277. The van der Waals surface area contributed by atoms with Crippen LogP contribution < -0.4 is 10.1 Å². The fourth-order valence-electron chi connectivity index (χ4n) is 2.59. The summed E-state index contributed by atoms with van der Waals surface area (Å²) in [6.07, 6.45) is 0. The smallest absolute Gasteiger partial charge is 0.258 e. The van der Waals surface area contributed by atoms with E-state index in [4.69, 9.17) is 21.1 Å². The van der Waals surface area contributed by atoms with E-state index >= 15 is 0 Å². The molecule has 1 amide bonds. The van der Waals surface area contributed by atoms with Crippen molar-refractivity contribution < 1.29 is 19.1 Å². The van der Waals surface area contributed by atoms with Crippen LogP contribution in [0, 0.1) is 6.92 Å². The highest BCUT2D eigenvalue weighted by atomic mass is 35.5. The van der Waals surface area contributed by atoms with Crippen LogP contribution in [-0.4, -0.2) is 25.4 Å². The number of Topliss-reactive ketones (excluding diaryl/α,β-unsaturated/α-hetero) is 1. The largest absolute Gasteiger partial charge is 0.483 e. The molecule has 1 N–H and O–H groups in total. The number of hydrogen-bond donors (Lipinski definition) is 1. The molecule has 0 aliphatic rings. The van der Waals surface area contributed by atoms with Crippen LogP contribution >= 0.6 is 11.6 Å². The second-order valence-corrected chi connectivity index (χ2v) is 6.36. The lowest BCUT2D eigenvalue weighted by molar-refractivity contribution is -0.123. The molecular weight excluding hydrogens is 354 g/mol. The van der Waals surface area contributed by atoms with Crippen LogP contribution in [0.15, 0.2) is 36.4 Å². The van der Waals surface area contributed by atoms with Gasteiger partial charge in [0.1, 0.15) is 5.75 Å². The molecule has 0 saturated heterocycles. The Morgan fingerprint density at radius 1 is 1.15 bits per heavy atom. The second-order valence-electron chi connectivity index (χ2n) is 5.92. The van der Waals surface area contributed by atoms with Crippen LogP contribution in [0.5, 0.6) is 5.75 Å². The average molecular weight is 376 g/mol. The third kappa shape index (κ3) is 5.31. The molecule has 26 heavy (non-hydrogen) atoms. The molecule has 2 aromatic rings. The van der Waals surface area contributed by atoms with Crippen molar-refractivity contribution in [2.75, 3.05) is 13.7 Å². The number of amides is 1. The van der Waals surface area contributed by atoms with Gasteiger partial charge in [0.2, 0.25) is 0 Å². The SMILES string of the molecule is COCc1ccccc1CNC(=O)COc1c(C)cc(Cl)cc1C(C)=O. The number of ketones is 1. The number of carbonyl (C=O) groups is 2. The highest BCUT2D eigenvalue weighted by molar-refractivity contribution is 6.31. The number of carbonyl (C=O) groups excluding carboxylic acids is 2. The van der Waals surface area contributed by atoms with Crippen LogP contribution in [-0.2, 0) is 22.7 Å². The zero-order valence-electron chi connectivity index (χ0n) is 15.1. The fourth-order valence-corrected chi connectivity index (χ4v) is 2.86. The van der Waals surface area contributed by atoms with E-state index < -0.39 is 0 Å². The summed E-state index contributed by atoms with van der Waals surface area (Å²) in [6, 6.07) is 11.0. The van der Waals surface area contributed by atoms with Crippen molar-refractivity contribution in [2.45, 2.75) is 27.0 Å². The van der Waals surface area contributed by atoms with Gasteiger partial charge in [-0.3, -0.25) is 9.59 Å². The normalized spacial score (nSPS) is 10.5. The molecule has 0 bridgehead atoms. The molecule has 0 fully saturated rings. The summed E-state index contributed by atoms with van der Waals surface area (Å²) in [5.41, 5.74) is 3.08. The van der Waals surface area contributed by atoms with E-state index in [0.717, 1.165) is 11.1 Å². The van der Waals surface area contributed by atoms with E-state index in [9.17, 15) is 9.59 Å². The summed E-state index contributed by atoms with van der Waals surface area (Å²) in [5, 5.41) is 3.27. The molecule has 6 heteroatoms. The van der Waals surface area contributed by atoms with Crippen LogP contribution in [0.4, 0.5) is 0 Å². The van der Waals surface area contributed by atoms with Crippen molar-refractivity contribution in [3.8, 4) is 5.75 Å². The monoisotopic (exact) mass is 375 g/mol. The van der Waals surface area contributed by atoms with Crippen LogP contribution in [0.25, 0.3) is 0 Å². The van der Waals surface area contributed by atoms with Crippen molar-refractivity contribution >= 4 is 23.3 Å². The van der Waals surface area contributed by atoms with E-state index in [2.05, 4.69) is 5.32 Å². The maximum absolute atomic E-state index is 12.1. The van der Waals surface area contributed by atoms with E-state index in [-0.39, 0.29) is 18.3 Å². The van der Waals surface area contributed by atoms with Gasteiger partial charge in [0.25, 0.3) is 5.91 Å². The Kier molecular flexibility index (Phi) is 7.18. The fraction of sp³-hybridized carbons (Fsp3) is 0.300. The van der Waals surface area contributed by atoms with E-state index in [1.54, 1.807) is 26.2 Å². The Bertz CT molecular complexity index is 804. The highest BCUT2D eigenvalue weighted by Crippen LogP contribution is 2.28. The Morgan fingerprint density at radius 2 is 1.85 bits per heavy atom. The predicted molar refractivity (Wildman–Crippen MR) is 101 cm³/mol. The lowest BCUT2D eigenvalue weighted by Crippen LogP contribution is -2.29. The first-order chi connectivity index (χ1) is 12.4. The number of hydrogen-bond acceptors (Lipinski definition) is 4. The first-order valence-electron chi connectivity index (χ1n) is 8.18. The van der Waals surface area contributed by atoms with Crippen molar-refractivity contribution in [1.29, 1.82) is 0 Å². The van der Waals surface area contributed by atoms with Gasteiger partial charge >= 0.3 is 0 Å².